The first-order valence-electron chi connectivity index (χ1n) is 4.19. The van der Waals surface area contributed by atoms with Crippen LogP contribution in [0, 0.1) is 0 Å². The molecule has 0 bridgehead atoms. The second kappa shape index (κ2) is 4.66. The van der Waals surface area contributed by atoms with Gasteiger partial charge in [0, 0.05) is 23.7 Å². The number of nitrogens with two attached hydrogens (primary N) is 1. The highest BCUT2D eigenvalue weighted by atomic mass is 35.5. The van der Waals surface area contributed by atoms with Crippen molar-refractivity contribution in [2.45, 2.75) is 6.54 Å². The van der Waals surface area contributed by atoms with E-state index in [-0.39, 0.29) is 24.7 Å². The summed E-state index contributed by atoms with van der Waals surface area (Å²) in [6, 6.07) is 5.25. The molecule has 0 unspecified atom stereocenters. The minimum absolute atomic E-state index is 0. The molecule has 0 radical (unpaired) electrons. The summed E-state index contributed by atoms with van der Waals surface area (Å²) in [5.74, 6) is 0.118. The first kappa shape index (κ1) is 12.0. The van der Waals surface area contributed by atoms with E-state index in [1.807, 2.05) is 6.07 Å². The average molecular weight is 245 g/mol. The topological polar surface area (TPSA) is 59.1 Å². The van der Waals surface area contributed by atoms with Crippen molar-refractivity contribution >= 4 is 34.9 Å². The van der Waals surface area contributed by atoms with Crippen LogP contribution in [0.3, 0.4) is 0 Å². The number of aromatic nitrogens is 1. The molecule has 1 aromatic carbocycles. The lowest BCUT2D eigenvalue weighted by Crippen LogP contribution is -1.97. The highest BCUT2D eigenvalue weighted by molar-refractivity contribution is 6.35. The molecule has 15 heavy (non-hydrogen) atoms. The van der Waals surface area contributed by atoms with Gasteiger partial charge < -0.3 is 10.8 Å². The Morgan fingerprint density at radius 2 is 2.20 bits per heavy atom. The lowest BCUT2D eigenvalue weighted by atomic mass is 10.1. The minimum atomic E-state index is 0. The summed E-state index contributed by atoms with van der Waals surface area (Å²) in [6.45, 7) is 0.248. The summed E-state index contributed by atoms with van der Waals surface area (Å²) >= 11 is 6.01. The van der Waals surface area contributed by atoms with Crippen LogP contribution in [0.1, 0.15) is 5.56 Å². The van der Waals surface area contributed by atoms with Gasteiger partial charge in [-0.1, -0.05) is 11.6 Å². The predicted molar refractivity (Wildman–Crippen MR) is 63.6 cm³/mol. The molecule has 0 saturated heterocycles. The summed E-state index contributed by atoms with van der Waals surface area (Å²) in [5, 5.41) is 11.1. The maximum atomic E-state index is 9.77. The Labute approximate surface area is 98.3 Å². The van der Waals surface area contributed by atoms with Gasteiger partial charge in [-0.3, -0.25) is 4.98 Å². The van der Waals surface area contributed by atoms with Crippen molar-refractivity contribution in [2.75, 3.05) is 0 Å². The highest BCUT2D eigenvalue weighted by Crippen LogP contribution is 2.32. The number of aromatic hydroxyl groups is 1. The van der Waals surface area contributed by atoms with Crippen molar-refractivity contribution in [3.05, 3.63) is 35.0 Å². The summed E-state index contributed by atoms with van der Waals surface area (Å²) < 4.78 is 0. The van der Waals surface area contributed by atoms with Gasteiger partial charge in [0.15, 0.2) is 0 Å². The smallest absolute Gasteiger partial charge is 0.146 e. The Morgan fingerprint density at radius 3 is 2.87 bits per heavy atom. The number of benzene rings is 1. The summed E-state index contributed by atoms with van der Waals surface area (Å²) in [7, 11) is 0. The maximum absolute atomic E-state index is 9.77. The van der Waals surface area contributed by atoms with Gasteiger partial charge in [-0.25, -0.2) is 0 Å². The molecular weight excluding hydrogens is 235 g/mol. The molecule has 0 spiro atoms. The van der Waals surface area contributed by atoms with Crippen LogP contribution in [0.25, 0.3) is 10.9 Å². The van der Waals surface area contributed by atoms with Crippen LogP contribution in [0.2, 0.25) is 5.02 Å². The maximum Gasteiger partial charge on any atom is 0.146 e. The number of fused-ring (bicyclic) bond motifs is 1. The Hall–Kier alpha value is -1.03. The highest BCUT2D eigenvalue weighted by Gasteiger charge is 2.09. The summed E-state index contributed by atoms with van der Waals surface area (Å²) in [5.41, 5.74) is 6.58. The average Bonchev–Trinajstić information content (AvgIpc) is 2.23. The first-order chi connectivity index (χ1) is 6.74. The third-order valence-electron chi connectivity index (χ3n) is 2.11. The molecule has 80 valence electrons. The van der Waals surface area contributed by atoms with Gasteiger partial charge in [0.2, 0.25) is 0 Å². The van der Waals surface area contributed by atoms with E-state index in [9.17, 15) is 5.11 Å². The molecule has 1 aromatic heterocycles. The van der Waals surface area contributed by atoms with Crippen LogP contribution < -0.4 is 5.73 Å². The Balaban J connectivity index is 0.00000112. The number of hydrogen-bond donors (Lipinski definition) is 2. The molecule has 3 N–H and O–H groups in total. The second-order valence-corrected chi connectivity index (χ2v) is 3.38. The number of pyridine rings is 1. The number of nitrogens with zero attached hydrogens (tertiary/aromatic N) is 1. The number of halogens is 2. The lowest BCUT2D eigenvalue weighted by Gasteiger charge is -2.06. The molecular formula is C10H10Cl2N2O. The summed E-state index contributed by atoms with van der Waals surface area (Å²) in [6.07, 6.45) is 1.61. The quantitative estimate of drug-likeness (QED) is 0.811. The Morgan fingerprint density at radius 1 is 1.47 bits per heavy atom. The van der Waals surface area contributed by atoms with E-state index < -0.39 is 0 Å². The van der Waals surface area contributed by atoms with E-state index in [1.165, 1.54) is 0 Å². The molecule has 2 rings (SSSR count). The Kier molecular flexibility index (Phi) is 3.74. The standard InChI is InChI=1S/C10H9ClN2O.ClH/c11-8-4-6(5-12)10(14)9-7(8)2-1-3-13-9;/h1-4,14H,5,12H2;1H. The fourth-order valence-corrected chi connectivity index (χ4v) is 1.68. The number of phenolic OH excluding ortho intramolecular Hbond substituents is 1. The molecule has 0 amide bonds. The largest absolute Gasteiger partial charge is 0.505 e. The lowest BCUT2D eigenvalue weighted by molar-refractivity contribution is 0.473. The van der Waals surface area contributed by atoms with E-state index in [0.29, 0.717) is 16.1 Å². The third kappa shape index (κ3) is 2.00. The van der Waals surface area contributed by atoms with Gasteiger partial charge in [-0.05, 0) is 18.2 Å². The van der Waals surface area contributed by atoms with Gasteiger partial charge in [-0.2, -0.15) is 0 Å². The van der Waals surface area contributed by atoms with Crippen molar-refractivity contribution in [1.82, 2.24) is 4.98 Å². The molecule has 0 atom stereocenters. The van der Waals surface area contributed by atoms with Gasteiger partial charge in [0.1, 0.15) is 11.3 Å². The van der Waals surface area contributed by atoms with Crippen molar-refractivity contribution < 1.29 is 5.11 Å². The third-order valence-corrected chi connectivity index (χ3v) is 2.43. The van der Waals surface area contributed by atoms with E-state index >= 15 is 0 Å². The van der Waals surface area contributed by atoms with Gasteiger partial charge in [-0.15, -0.1) is 12.4 Å². The fraction of sp³-hybridized carbons (Fsp3) is 0.100. The first-order valence-corrected chi connectivity index (χ1v) is 4.57. The zero-order valence-corrected chi connectivity index (χ0v) is 9.35. The number of phenols is 1. The fourth-order valence-electron chi connectivity index (χ4n) is 1.39. The molecule has 0 aliphatic carbocycles. The summed E-state index contributed by atoms with van der Waals surface area (Å²) in [4.78, 5) is 4.06. The molecule has 0 fully saturated rings. The van der Waals surface area contributed by atoms with Crippen molar-refractivity contribution in [3.8, 4) is 5.75 Å². The monoisotopic (exact) mass is 244 g/mol. The van der Waals surface area contributed by atoms with Crippen LogP contribution in [0.4, 0.5) is 0 Å². The van der Waals surface area contributed by atoms with E-state index in [1.54, 1.807) is 18.3 Å². The Bertz CT molecular complexity index is 488. The number of hydrogen-bond acceptors (Lipinski definition) is 3. The van der Waals surface area contributed by atoms with Crippen LogP contribution in [0.15, 0.2) is 24.4 Å². The van der Waals surface area contributed by atoms with Crippen LogP contribution in [0.5, 0.6) is 5.75 Å². The molecule has 3 nitrogen and oxygen atoms in total. The normalized spacial score (nSPS) is 10.0. The molecule has 0 saturated carbocycles. The number of rotatable bonds is 1. The van der Waals surface area contributed by atoms with Crippen molar-refractivity contribution in [3.63, 3.8) is 0 Å². The van der Waals surface area contributed by atoms with Crippen LogP contribution >= 0.6 is 24.0 Å². The zero-order chi connectivity index (χ0) is 10.1. The van der Waals surface area contributed by atoms with Crippen LogP contribution in [-0.2, 0) is 6.54 Å². The molecule has 0 aliphatic heterocycles. The zero-order valence-electron chi connectivity index (χ0n) is 7.77. The van der Waals surface area contributed by atoms with Crippen molar-refractivity contribution in [2.24, 2.45) is 5.73 Å². The molecule has 1 heterocycles. The molecule has 0 aliphatic rings. The van der Waals surface area contributed by atoms with Crippen molar-refractivity contribution in [1.29, 1.82) is 0 Å². The predicted octanol–water partition coefficient (Wildman–Crippen LogP) is 2.47. The van der Waals surface area contributed by atoms with Gasteiger partial charge >= 0.3 is 0 Å². The van der Waals surface area contributed by atoms with Crippen LogP contribution in [-0.4, -0.2) is 10.1 Å². The minimum Gasteiger partial charge on any atom is -0.505 e. The van der Waals surface area contributed by atoms with E-state index in [4.69, 9.17) is 17.3 Å². The SMILES string of the molecule is Cl.NCc1cc(Cl)c2cccnc2c1O. The van der Waals surface area contributed by atoms with Gasteiger partial charge in [0.05, 0.1) is 5.02 Å². The molecule has 2 aromatic rings. The van der Waals surface area contributed by atoms with E-state index in [2.05, 4.69) is 4.98 Å². The molecule has 5 heteroatoms. The van der Waals surface area contributed by atoms with Gasteiger partial charge in [0.25, 0.3) is 0 Å². The van der Waals surface area contributed by atoms with E-state index in [0.717, 1.165) is 5.39 Å². The second-order valence-electron chi connectivity index (χ2n) is 2.97.